The van der Waals surface area contributed by atoms with E-state index in [-0.39, 0.29) is 133 Å². The van der Waals surface area contributed by atoms with E-state index in [9.17, 15) is 62.1 Å². The van der Waals surface area contributed by atoms with Gasteiger partial charge in [0.1, 0.15) is 62.4 Å². The summed E-state index contributed by atoms with van der Waals surface area (Å²) in [7, 11) is -13.0. The number of ether oxygens (including phenoxy) is 4. The zero-order valence-electron chi connectivity index (χ0n) is 40.3. The summed E-state index contributed by atoms with van der Waals surface area (Å²) in [4.78, 5) is 25.3. The van der Waals surface area contributed by atoms with Gasteiger partial charge in [-0.15, -0.1) is 19.9 Å². The third-order valence-corrected chi connectivity index (χ3v) is 15.6. The lowest BCUT2D eigenvalue weighted by Gasteiger charge is -2.23. The van der Waals surface area contributed by atoms with Crippen LogP contribution in [0.5, 0.6) is 0 Å². The Hall–Kier alpha value is -5.28. The van der Waals surface area contributed by atoms with Crippen molar-refractivity contribution in [3.8, 4) is 0 Å². The second kappa shape index (κ2) is 22.9. The Labute approximate surface area is 426 Å². The lowest BCUT2D eigenvalue weighted by molar-refractivity contribution is 0.0958. The molecule has 0 bridgehead atoms. The number of methoxy groups -OCH3 is 4. The van der Waals surface area contributed by atoms with Crippen LogP contribution < -0.4 is 30.2 Å². The summed E-state index contributed by atoms with van der Waals surface area (Å²) in [5.41, 5.74) is -2.15. The first-order valence-electron chi connectivity index (χ1n) is 22.0. The Bertz CT molecular complexity index is 2960. The van der Waals surface area contributed by atoms with Crippen molar-refractivity contribution in [1.82, 2.24) is 38.9 Å². The molecule has 0 radical (unpaired) electrons. The highest BCUT2D eigenvalue weighted by Crippen LogP contribution is 2.48. The van der Waals surface area contributed by atoms with Crippen LogP contribution in [0.25, 0.3) is 12.2 Å². The maximum absolute atomic E-state index is 12.9. The number of hydrogen-bond acceptors (Lipinski definition) is 24. The molecule has 2 saturated heterocycles. The first kappa shape index (κ1) is 58.0. The molecule has 0 spiro atoms. The van der Waals surface area contributed by atoms with Crippen LogP contribution >= 0.6 is 0 Å². The Morgan fingerprint density at radius 3 is 1.23 bits per heavy atom. The highest BCUT2D eigenvalue weighted by Gasteiger charge is 2.73. The van der Waals surface area contributed by atoms with Crippen molar-refractivity contribution in [2.45, 2.75) is 20.9 Å². The van der Waals surface area contributed by atoms with Crippen LogP contribution in [-0.4, -0.2) is 222 Å². The number of quaternary nitrogens is 2. The van der Waals surface area contributed by atoms with Gasteiger partial charge in [0, 0.05) is 52.9 Å². The molecule has 0 saturated carbocycles. The van der Waals surface area contributed by atoms with Crippen LogP contribution in [0.2, 0.25) is 0 Å². The lowest BCUT2D eigenvalue weighted by atomic mass is 10.1. The van der Waals surface area contributed by atoms with E-state index in [0.29, 0.717) is 13.1 Å². The number of benzene rings is 2. The molecule has 4 atom stereocenters. The zero-order valence-corrected chi connectivity index (χ0v) is 43.6. The van der Waals surface area contributed by atoms with Gasteiger partial charge in [0.2, 0.25) is 34.9 Å². The van der Waals surface area contributed by atoms with Crippen LogP contribution in [0.15, 0.2) is 46.2 Å². The molecule has 4 heterocycles. The maximum atomic E-state index is 12.9. The number of aliphatic hydroxyl groups is 2. The van der Waals surface area contributed by atoms with Gasteiger partial charge in [-0.1, -0.05) is 24.3 Å². The molecule has 0 aliphatic carbocycles. The lowest BCUT2D eigenvalue weighted by Crippen LogP contribution is -2.45. The Morgan fingerprint density at radius 1 is 0.554 bits per heavy atom. The summed E-state index contributed by atoms with van der Waals surface area (Å²) in [5.74, 6) is -2.00. The highest BCUT2D eigenvalue weighted by atomic mass is 32.2. The average molecular weight is 1120 g/mol. The first-order valence-corrected chi connectivity index (χ1v) is 28.1. The minimum Gasteiger partial charge on any atom is -0.389 e. The minimum atomic E-state index is -5.04. The van der Waals surface area contributed by atoms with Crippen molar-refractivity contribution in [3.63, 3.8) is 0 Å². The van der Waals surface area contributed by atoms with Gasteiger partial charge in [0.15, 0.2) is 0 Å². The number of nitrogens with zero attached hydrogens (tertiary/aromatic N) is 8. The smallest absolute Gasteiger partial charge is 0.336 e. The van der Waals surface area contributed by atoms with Gasteiger partial charge in [0.05, 0.1) is 24.7 Å². The number of hydrogen-bond donors (Lipinski definition) is 10. The van der Waals surface area contributed by atoms with Gasteiger partial charge in [-0.2, -0.15) is 43.6 Å². The van der Waals surface area contributed by atoms with E-state index in [4.69, 9.17) is 18.9 Å². The number of aliphatic hydroxyl groups excluding tert-OH is 2. The van der Waals surface area contributed by atoms with Gasteiger partial charge in [-0.05, 0) is 35.4 Å². The molecule has 2 aromatic carbocycles. The van der Waals surface area contributed by atoms with E-state index in [1.54, 1.807) is 0 Å². The molecule has 2 aliphatic heterocycles. The average Bonchev–Trinajstić information content (AvgIpc) is 4.19. The topological polar surface area (TPSA) is 420 Å². The van der Waals surface area contributed by atoms with Crippen molar-refractivity contribution in [3.05, 3.63) is 47.5 Å². The molecule has 34 heteroatoms. The molecule has 0 amide bonds. The Balaban J connectivity index is 1.34. The summed E-state index contributed by atoms with van der Waals surface area (Å²) in [5, 5.41) is 32.1. The SMILES string of the molecule is COCC[N+]1(c2nc(NCCS(=O)(=O)O)nc(Nc3ccc(C=Cc4ccc(Nc5nc(NCCS(=O)(=O)O)nc([N+]6(CCOC)CC6(CO)COC)n5)cc4S(=O)(=O)O)c(S(=O)(=O)O)c3)n2)CC1(CO)COC. The van der Waals surface area contributed by atoms with Crippen molar-refractivity contribution >= 4 is 99.7 Å². The number of aromatic nitrogens is 6. The molecule has 10 N–H and O–H groups in total. The molecule has 2 aliphatic rings. The fourth-order valence-electron chi connectivity index (χ4n) is 8.51. The Morgan fingerprint density at radius 2 is 0.919 bits per heavy atom. The molecule has 6 rings (SSSR count). The van der Waals surface area contributed by atoms with E-state index in [1.165, 1.54) is 52.7 Å². The summed E-state index contributed by atoms with van der Waals surface area (Å²) < 4.78 is 158. The van der Waals surface area contributed by atoms with Crippen molar-refractivity contribution in [2.24, 2.45) is 0 Å². The maximum Gasteiger partial charge on any atom is 0.336 e. The third-order valence-electron chi connectivity index (χ3n) is 12.3. The van der Waals surface area contributed by atoms with Crippen molar-refractivity contribution in [1.29, 1.82) is 0 Å². The van der Waals surface area contributed by atoms with E-state index >= 15 is 0 Å². The minimum absolute atomic E-state index is 0.00598. The van der Waals surface area contributed by atoms with E-state index in [2.05, 4.69) is 51.2 Å². The van der Waals surface area contributed by atoms with Gasteiger partial charge in [-0.3, -0.25) is 18.2 Å². The van der Waals surface area contributed by atoms with E-state index in [0.717, 1.165) is 24.3 Å². The van der Waals surface area contributed by atoms with Crippen LogP contribution in [0.1, 0.15) is 11.1 Å². The molecule has 4 aromatic rings. The van der Waals surface area contributed by atoms with Crippen LogP contribution in [0.3, 0.4) is 0 Å². The summed E-state index contributed by atoms with van der Waals surface area (Å²) in [6.07, 6.45) is 2.31. The first-order chi connectivity index (χ1) is 34.7. The second-order valence-corrected chi connectivity index (χ2v) is 23.3. The number of anilines is 6. The predicted octanol–water partition coefficient (Wildman–Crippen LogP) is -0.503. The molecule has 2 fully saturated rings. The van der Waals surface area contributed by atoms with Crippen LogP contribution in [-0.2, 0) is 59.4 Å². The molecule has 74 heavy (non-hydrogen) atoms. The number of rotatable bonds is 30. The third kappa shape index (κ3) is 13.6. The standard InChI is InChI=1S/C40H56N12O18S4/c1-67-15-13-51(21-39(51,23-53)25-69-3)37-47-33(41-11-17-71(55,56)57)45-35(49-37)43-29-9-7-27(31(19-29)73(61,62)63)5-6-28-8-10-30(20-32(28)74(64,65)66)44-36-46-34(42-12-18-72(58,59)60)48-38(50-36)52(14-16-68-2)22-40(52,24-54)26-70-4/h5-10,19-20,53-54H,11-18,21-26H2,1-4H3,(H6-2,41,42,43,44,45,46,47,48,49,50,55,56,57,58,59,60,61,62,63,64,65,66)/p+2. The molecule has 2 aromatic heterocycles. The summed E-state index contributed by atoms with van der Waals surface area (Å²) in [6.45, 7) is 0.254. The highest BCUT2D eigenvalue weighted by molar-refractivity contribution is 7.86. The zero-order chi connectivity index (χ0) is 54.4. The normalized spacial score (nSPS) is 21.9. The van der Waals surface area contributed by atoms with Crippen molar-refractivity contribution < 1.29 is 81.0 Å². The van der Waals surface area contributed by atoms with Gasteiger partial charge in [0.25, 0.3) is 40.5 Å². The summed E-state index contributed by atoms with van der Waals surface area (Å²) >= 11 is 0. The van der Waals surface area contributed by atoms with E-state index < -0.39 is 72.8 Å². The van der Waals surface area contributed by atoms with Gasteiger partial charge >= 0.3 is 11.9 Å². The fraction of sp³-hybridized carbons (Fsp3) is 0.500. The monoisotopic (exact) mass is 1120 g/mol. The van der Waals surface area contributed by atoms with Crippen molar-refractivity contribution in [2.75, 3.05) is 140 Å². The molecule has 4 unspecified atom stereocenters. The number of nitrogens with one attached hydrogen (secondary N) is 4. The van der Waals surface area contributed by atoms with Crippen LogP contribution in [0.4, 0.5) is 47.1 Å². The molecular formula is C40H58N12O18S4+2. The quantitative estimate of drug-likeness (QED) is 0.0136. The van der Waals surface area contributed by atoms with E-state index in [1.807, 2.05) is 0 Å². The fourth-order valence-corrected chi connectivity index (χ4v) is 10.7. The Kier molecular flexibility index (Phi) is 18.0. The van der Waals surface area contributed by atoms with Crippen LogP contribution in [0, 0.1) is 0 Å². The van der Waals surface area contributed by atoms with Gasteiger partial charge in [-0.25, -0.2) is 8.97 Å². The molecule has 30 nitrogen and oxygen atoms in total. The second-order valence-electron chi connectivity index (χ2n) is 17.3. The largest absolute Gasteiger partial charge is 0.389 e. The van der Waals surface area contributed by atoms with Gasteiger partial charge < -0.3 is 50.4 Å². The predicted molar refractivity (Wildman–Crippen MR) is 268 cm³/mol. The molecule has 408 valence electrons. The molecular weight excluding hydrogens is 1060 g/mol. The summed E-state index contributed by atoms with van der Waals surface area (Å²) in [6, 6.07) is 7.27.